The SMILES string of the molecule is Cc1ccc(C(N)Cc2ccccc2Br)cc1. The van der Waals surface area contributed by atoms with Gasteiger partial charge >= 0.3 is 0 Å². The Morgan fingerprint density at radius 2 is 1.71 bits per heavy atom. The number of hydrogen-bond donors (Lipinski definition) is 1. The van der Waals surface area contributed by atoms with Gasteiger partial charge in [-0.1, -0.05) is 64.0 Å². The predicted octanol–water partition coefficient (Wildman–Crippen LogP) is 4.00. The normalized spacial score (nSPS) is 12.4. The van der Waals surface area contributed by atoms with E-state index in [9.17, 15) is 0 Å². The Hall–Kier alpha value is -1.12. The standard InChI is InChI=1S/C15H16BrN/c1-11-6-8-12(9-7-11)15(17)10-13-4-2-3-5-14(13)16/h2-9,15H,10,17H2,1H3. The fourth-order valence-corrected chi connectivity index (χ4v) is 2.28. The molecule has 0 radical (unpaired) electrons. The molecular weight excluding hydrogens is 274 g/mol. The lowest BCUT2D eigenvalue weighted by molar-refractivity contribution is 0.719. The monoisotopic (exact) mass is 289 g/mol. The van der Waals surface area contributed by atoms with Gasteiger partial charge in [-0.25, -0.2) is 0 Å². The number of aryl methyl sites for hydroxylation is 1. The summed E-state index contributed by atoms with van der Waals surface area (Å²) in [6.07, 6.45) is 0.852. The van der Waals surface area contributed by atoms with Crippen molar-refractivity contribution in [3.8, 4) is 0 Å². The Morgan fingerprint density at radius 1 is 1.06 bits per heavy atom. The first kappa shape index (κ1) is 12.3. The third-order valence-corrected chi connectivity index (χ3v) is 3.68. The molecule has 0 spiro atoms. The van der Waals surface area contributed by atoms with Gasteiger partial charge in [0.1, 0.15) is 0 Å². The molecule has 1 atom stereocenters. The van der Waals surface area contributed by atoms with Crippen LogP contribution in [0.2, 0.25) is 0 Å². The van der Waals surface area contributed by atoms with Crippen LogP contribution in [0.4, 0.5) is 0 Å². The van der Waals surface area contributed by atoms with E-state index in [1.54, 1.807) is 0 Å². The summed E-state index contributed by atoms with van der Waals surface area (Å²) in [5.41, 5.74) is 9.93. The summed E-state index contributed by atoms with van der Waals surface area (Å²) in [7, 11) is 0. The number of hydrogen-bond acceptors (Lipinski definition) is 1. The highest BCUT2D eigenvalue weighted by atomic mass is 79.9. The second kappa shape index (κ2) is 5.48. The molecule has 0 saturated carbocycles. The second-order valence-electron chi connectivity index (χ2n) is 4.31. The zero-order valence-corrected chi connectivity index (χ0v) is 11.4. The van der Waals surface area contributed by atoms with Crippen LogP contribution in [0, 0.1) is 6.92 Å². The first-order chi connectivity index (χ1) is 8.16. The Labute approximate surface area is 111 Å². The molecular formula is C15H16BrN. The smallest absolute Gasteiger partial charge is 0.0336 e. The lowest BCUT2D eigenvalue weighted by Crippen LogP contribution is -2.13. The van der Waals surface area contributed by atoms with Gasteiger partial charge in [-0.05, 0) is 30.5 Å². The quantitative estimate of drug-likeness (QED) is 0.908. The molecule has 0 aliphatic heterocycles. The molecule has 1 unspecified atom stereocenters. The van der Waals surface area contributed by atoms with E-state index < -0.39 is 0 Å². The highest BCUT2D eigenvalue weighted by Crippen LogP contribution is 2.22. The van der Waals surface area contributed by atoms with Gasteiger partial charge in [0.2, 0.25) is 0 Å². The van der Waals surface area contributed by atoms with Crippen molar-refractivity contribution in [2.24, 2.45) is 5.73 Å². The molecule has 2 aromatic carbocycles. The van der Waals surface area contributed by atoms with Gasteiger partial charge in [-0.15, -0.1) is 0 Å². The van der Waals surface area contributed by atoms with Crippen molar-refractivity contribution in [1.29, 1.82) is 0 Å². The molecule has 2 N–H and O–H groups in total. The van der Waals surface area contributed by atoms with Gasteiger partial charge in [0, 0.05) is 10.5 Å². The summed E-state index contributed by atoms with van der Waals surface area (Å²) in [6.45, 7) is 2.09. The highest BCUT2D eigenvalue weighted by molar-refractivity contribution is 9.10. The van der Waals surface area contributed by atoms with Crippen molar-refractivity contribution >= 4 is 15.9 Å². The van der Waals surface area contributed by atoms with Crippen LogP contribution in [0.25, 0.3) is 0 Å². The molecule has 2 heteroatoms. The van der Waals surface area contributed by atoms with Gasteiger partial charge in [-0.2, -0.15) is 0 Å². The van der Waals surface area contributed by atoms with Crippen LogP contribution in [0.1, 0.15) is 22.7 Å². The Kier molecular flexibility index (Phi) is 3.97. The molecule has 0 bridgehead atoms. The van der Waals surface area contributed by atoms with Gasteiger partial charge in [-0.3, -0.25) is 0 Å². The maximum atomic E-state index is 6.23. The Balaban J connectivity index is 2.14. The van der Waals surface area contributed by atoms with Crippen molar-refractivity contribution in [1.82, 2.24) is 0 Å². The zero-order chi connectivity index (χ0) is 12.3. The summed E-state index contributed by atoms with van der Waals surface area (Å²) >= 11 is 3.55. The van der Waals surface area contributed by atoms with Crippen LogP contribution < -0.4 is 5.73 Å². The molecule has 0 saturated heterocycles. The molecule has 0 aliphatic rings. The van der Waals surface area contributed by atoms with E-state index in [4.69, 9.17) is 5.73 Å². The Bertz CT molecular complexity index is 491. The second-order valence-corrected chi connectivity index (χ2v) is 5.17. The van der Waals surface area contributed by atoms with Crippen LogP contribution in [-0.4, -0.2) is 0 Å². The molecule has 0 aromatic heterocycles. The molecule has 0 aliphatic carbocycles. The minimum absolute atomic E-state index is 0.0503. The summed E-state index contributed by atoms with van der Waals surface area (Å²) in [5, 5.41) is 0. The number of nitrogens with two attached hydrogens (primary N) is 1. The van der Waals surface area contributed by atoms with Crippen molar-refractivity contribution in [2.45, 2.75) is 19.4 Å². The average molecular weight is 290 g/mol. The van der Waals surface area contributed by atoms with E-state index in [-0.39, 0.29) is 6.04 Å². The van der Waals surface area contributed by atoms with Gasteiger partial charge in [0.25, 0.3) is 0 Å². The molecule has 1 nitrogen and oxygen atoms in total. The van der Waals surface area contributed by atoms with E-state index in [0.29, 0.717) is 0 Å². The van der Waals surface area contributed by atoms with Gasteiger partial charge in [0.05, 0.1) is 0 Å². The van der Waals surface area contributed by atoms with E-state index in [1.165, 1.54) is 16.7 Å². The van der Waals surface area contributed by atoms with E-state index >= 15 is 0 Å². The minimum atomic E-state index is 0.0503. The minimum Gasteiger partial charge on any atom is -0.324 e. The molecule has 17 heavy (non-hydrogen) atoms. The molecule has 2 aromatic rings. The number of rotatable bonds is 3. The topological polar surface area (TPSA) is 26.0 Å². The lowest BCUT2D eigenvalue weighted by atomic mass is 9.99. The molecule has 0 fully saturated rings. The summed E-state index contributed by atoms with van der Waals surface area (Å²) < 4.78 is 1.13. The molecule has 0 amide bonds. The largest absolute Gasteiger partial charge is 0.324 e. The summed E-state index contributed by atoms with van der Waals surface area (Å²) in [4.78, 5) is 0. The first-order valence-corrected chi connectivity index (χ1v) is 6.51. The number of benzene rings is 2. The summed E-state index contributed by atoms with van der Waals surface area (Å²) in [5.74, 6) is 0. The van der Waals surface area contributed by atoms with Crippen LogP contribution in [0.3, 0.4) is 0 Å². The maximum absolute atomic E-state index is 6.23. The van der Waals surface area contributed by atoms with Crippen molar-refractivity contribution in [3.05, 3.63) is 69.7 Å². The van der Waals surface area contributed by atoms with Crippen molar-refractivity contribution in [2.75, 3.05) is 0 Å². The van der Waals surface area contributed by atoms with E-state index in [1.807, 2.05) is 12.1 Å². The zero-order valence-electron chi connectivity index (χ0n) is 9.86. The van der Waals surface area contributed by atoms with Crippen LogP contribution >= 0.6 is 15.9 Å². The van der Waals surface area contributed by atoms with Gasteiger partial charge in [0.15, 0.2) is 0 Å². The number of halogens is 1. The van der Waals surface area contributed by atoms with Crippen molar-refractivity contribution < 1.29 is 0 Å². The third kappa shape index (κ3) is 3.18. The predicted molar refractivity (Wildman–Crippen MR) is 76.0 cm³/mol. The van der Waals surface area contributed by atoms with E-state index in [2.05, 4.69) is 59.3 Å². The fourth-order valence-electron chi connectivity index (χ4n) is 1.83. The average Bonchev–Trinajstić information content (AvgIpc) is 2.33. The first-order valence-electron chi connectivity index (χ1n) is 5.72. The van der Waals surface area contributed by atoms with Crippen molar-refractivity contribution in [3.63, 3.8) is 0 Å². The maximum Gasteiger partial charge on any atom is 0.0336 e. The van der Waals surface area contributed by atoms with Crippen LogP contribution in [-0.2, 0) is 6.42 Å². The van der Waals surface area contributed by atoms with E-state index in [0.717, 1.165) is 10.9 Å². The Morgan fingerprint density at radius 3 is 2.35 bits per heavy atom. The molecule has 0 heterocycles. The molecule has 88 valence electrons. The lowest BCUT2D eigenvalue weighted by Gasteiger charge is -2.13. The highest BCUT2D eigenvalue weighted by Gasteiger charge is 2.08. The fraction of sp³-hybridized carbons (Fsp3) is 0.200. The van der Waals surface area contributed by atoms with Gasteiger partial charge < -0.3 is 5.73 Å². The van der Waals surface area contributed by atoms with Crippen LogP contribution in [0.15, 0.2) is 53.0 Å². The third-order valence-electron chi connectivity index (χ3n) is 2.90. The van der Waals surface area contributed by atoms with Crippen LogP contribution in [0.5, 0.6) is 0 Å². The summed E-state index contributed by atoms with van der Waals surface area (Å²) in [6, 6.07) is 16.7. The molecule has 2 rings (SSSR count).